The van der Waals surface area contributed by atoms with Gasteiger partial charge in [-0.25, -0.2) is 4.99 Å². The first-order valence-electron chi connectivity index (χ1n) is 20.2. The van der Waals surface area contributed by atoms with E-state index in [2.05, 4.69) is 218 Å². The van der Waals surface area contributed by atoms with Crippen molar-refractivity contribution in [2.45, 2.75) is 6.04 Å². The summed E-state index contributed by atoms with van der Waals surface area (Å²) in [6, 6.07) is 75.3. The predicted molar refractivity (Wildman–Crippen MR) is 246 cm³/mol. The lowest BCUT2D eigenvalue weighted by Crippen LogP contribution is -2.31. The number of nitrogens with one attached hydrogen (secondary N) is 1. The number of nitrogens with zero attached hydrogens (tertiary/aromatic N) is 1. The normalized spacial score (nSPS) is 13.9. The zero-order chi connectivity index (χ0) is 39.1. The molecule has 0 aliphatic carbocycles. The van der Waals surface area contributed by atoms with Gasteiger partial charge in [0.1, 0.15) is 17.0 Å². The first kappa shape index (κ1) is 34.5. The van der Waals surface area contributed by atoms with E-state index in [9.17, 15) is 0 Å². The number of aliphatic imine (C=N–C) groups is 1. The Hall–Kier alpha value is -7.75. The summed E-state index contributed by atoms with van der Waals surface area (Å²) >= 11 is 0. The van der Waals surface area contributed by atoms with Gasteiger partial charge in [0.05, 0.1) is 11.7 Å². The van der Waals surface area contributed by atoms with Crippen LogP contribution in [-0.4, -0.2) is 5.84 Å². The van der Waals surface area contributed by atoms with Crippen LogP contribution in [0.3, 0.4) is 0 Å². The lowest BCUT2D eigenvalue weighted by atomic mass is 9.84. The third-order valence-corrected chi connectivity index (χ3v) is 11.5. The van der Waals surface area contributed by atoms with E-state index in [0.717, 1.165) is 66.5 Å². The molecule has 1 atom stereocenters. The average molecular weight is 755 g/mol. The minimum atomic E-state index is -0.177. The van der Waals surface area contributed by atoms with Crippen molar-refractivity contribution in [2.75, 3.05) is 0 Å². The van der Waals surface area contributed by atoms with Gasteiger partial charge in [0.25, 0.3) is 0 Å². The van der Waals surface area contributed by atoms with Crippen LogP contribution in [0.2, 0.25) is 0 Å². The van der Waals surface area contributed by atoms with Crippen LogP contribution >= 0.6 is 0 Å². The maximum atomic E-state index is 6.83. The summed E-state index contributed by atoms with van der Waals surface area (Å²) in [7, 11) is 0. The molecular weight excluding hydrogens is 717 g/mol. The van der Waals surface area contributed by atoms with Gasteiger partial charge in [-0.1, -0.05) is 182 Å². The van der Waals surface area contributed by atoms with E-state index < -0.39 is 0 Å². The Labute approximate surface area is 343 Å². The van der Waals surface area contributed by atoms with E-state index in [0.29, 0.717) is 0 Å². The van der Waals surface area contributed by atoms with Crippen molar-refractivity contribution in [2.24, 2.45) is 4.99 Å². The van der Waals surface area contributed by atoms with Gasteiger partial charge < -0.3 is 9.73 Å². The van der Waals surface area contributed by atoms with Crippen LogP contribution in [0.15, 0.2) is 228 Å². The van der Waals surface area contributed by atoms with E-state index in [4.69, 9.17) is 9.41 Å². The fourth-order valence-electron chi connectivity index (χ4n) is 8.67. The molecule has 1 unspecified atom stereocenters. The van der Waals surface area contributed by atoms with E-state index >= 15 is 0 Å². The third-order valence-electron chi connectivity index (χ3n) is 11.5. The molecule has 0 saturated carbocycles. The molecule has 0 fully saturated rings. The van der Waals surface area contributed by atoms with Gasteiger partial charge >= 0.3 is 0 Å². The molecule has 1 aromatic heterocycles. The Morgan fingerprint density at radius 2 is 0.966 bits per heavy atom. The van der Waals surface area contributed by atoms with Crippen LogP contribution in [0.5, 0.6) is 0 Å². The van der Waals surface area contributed by atoms with Crippen molar-refractivity contribution in [1.29, 1.82) is 0 Å². The number of furan rings is 1. The summed E-state index contributed by atoms with van der Waals surface area (Å²) in [5.74, 6) is 0.819. The Kier molecular flexibility index (Phi) is 8.56. The fourth-order valence-corrected chi connectivity index (χ4v) is 8.67. The lowest BCUT2D eigenvalue weighted by Gasteiger charge is -2.25. The van der Waals surface area contributed by atoms with E-state index in [1.165, 1.54) is 38.9 Å². The van der Waals surface area contributed by atoms with E-state index in [1.54, 1.807) is 0 Å². The summed E-state index contributed by atoms with van der Waals surface area (Å²) in [4.78, 5) is 5.31. The van der Waals surface area contributed by atoms with Crippen molar-refractivity contribution < 1.29 is 4.42 Å². The predicted octanol–water partition coefficient (Wildman–Crippen LogP) is 14.5. The largest absolute Gasteiger partial charge is 0.455 e. The monoisotopic (exact) mass is 754 g/mol. The van der Waals surface area contributed by atoms with Gasteiger partial charge in [0, 0.05) is 27.3 Å². The average Bonchev–Trinajstić information content (AvgIpc) is 3.72. The van der Waals surface area contributed by atoms with Crippen LogP contribution in [0.4, 0.5) is 0 Å². The third kappa shape index (κ3) is 6.30. The number of hydrogen-bond donors (Lipinski definition) is 1. The molecule has 1 aliphatic heterocycles. The summed E-state index contributed by atoms with van der Waals surface area (Å²) < 4.78 is 6.83. The summed E-state index contributed by atoms with van der Waals surface area (Å²) in [6.07, 6.45) is 2.25. The molecule has 3 heteroatoms. The molecule has 0 bridgehead atoms. The Bertz CT molecular complexity index is 3220. The number of rotatable bonds is 7. The van der Waals surface area contributed by atoms with Crippen LogP contribution in [0.25, 0.3) is 82.9 Å². The molecule has 0 amide bonds. The Morgan fingerprint density at radius 3 is 1.71 bits per heavy atom. The van der Waals surface area contributed by atoms with Crippen LogP contribution < -0.4 is 5.32 Å². The zero-order valence-corrected chi connectivity index (χ0v) is 32.2. The van der Waals surface area contributed by atoms with Gasteiger partial charge in [0.15, 0.2) is 0 Å². The van der Waals surface area contributed by atoms with Gasteiger partial charge in [0.2, 0.25) is 0 Å². The maximum Gasteiger partial charge on any atom is 0.144 e. The highest BCUT2D eigenvalue weighted by molar-refractivity contribution is 6.17. The fraction of sp³-hybridized carbons (Fsp3) is 0.0179. The molecule has 11 rings (SSSR count). The first-order chi connectivity index (χ1) is 29.2. The highest BCUT2D eigenvalue weighted by atomic mass is 16.3. The summed E-state index contributed by atoms with van der Waals surface area (Å²) in [5, 5.41) is 8.28. The minimum absolute atomic E-state index is 0.177. The smallest absolute Gasteiger partial charge is 0.144 e. The second-order valence-corrected chi connectivity index (χ2v) is 15.1. The van der Waals surface area contributed by atoms with Crippen molar-refractivity contribution in [3.05, 3.63) is 235 Å². The number of hydrogen-bond acceptors (Lipinski definition) is 3. The minimum Gasteiger partial charge on any atom is -0.455 e. The molecule has 0 radical (unpaired) electrons. The quantitative estimate of drug-likeness (QED) is 0.176. The number of para-hydroxylation sites is 1. The van der Waals surface area contributed by atoms with Crippen molar-refractivity contribution in [3.8, 4) is 44.5 Å². The van der Waals surface area contributed by atoms with E-state index in [1.807, 2.05) is 6.07 Å². The van der Waals surface area contributed by atoms with Crippen molar-refractivity contribution in [1.82, 2.24) is 5.32 Å². The standard InChI is InChI=1S/C56H38N2O/c1-5-17-37(18-6-1)44-34-49(38-19-7-2-8-20-38)53(40-22-9-3-10-23-40)50(35-44)42-26-15-27-43(33-42)51-36-52(58-56(57-51)41-24-11-4-12-25-41)48-30-16-29-46-47-32-31-39-21-13-14-28-45(39)54(47)59-55(46)48/h1-36,51H,(H,57,58). The number of amidine groups is 1. The van der Waals surface area contributed by atoms with Gasteiger partial charge in [-0.15, -0.1) is 0 Å². The SMILES string of the molecule is C1=C(c2cccc3c2oc2c4ccccc4ccc32)N=C(c2ccccc2)NC1c1cccc(-c2cc(-c3ccccc3)cc(-c3ccccc3)c2-c2ccccc2)c1. The molecule has 1 aliphatic rings. The van der Waals surface area contributed by atoms with Crippen LogP contribution in [-0.2, 0) is 0 Å². The van der Waals surface area contributed by atoms with Gasteiger partial charge in [-0.2, -0.15) is 0 Å². The highest BCUT2D eigenvalue weighted by Crippen LogP contribution is 2.44. The molecule has 3 nitrogen and oxygen atoms in total. The molecule has 9 aromatic carbocycles. The second-order valence-electron chi connectivity index (χ2n) is 15.1. The van der Waals surface area contributed by atoms with Crippen LogP contribution in [0.1, 0.15) is 22.7 Å². The second kappa shape index (κ2) is 14.6. The molecule has 278 valence electrons. The van der Waals surface area contributed by atoms with E-state index in [-0.39, 0.29) is 6.04 Å². The zero-order valence-electron chi connectivity index (χ0n) is 32.2. The number of fused-ring (bicyclic) bond motifs is 5. The molecule has 1 N–H and O–H groups in total. The summed E-state index contributed by atoms with van der Waals surface area (Å²) in [5.41, 5.74) is 15.2. The first-order valence-corrected chi connectivity index (χ1v) is 20.2. The molecule has 2 heterocycles. The number of benzene rings is 9. The Morgan fingerprint density at radius 1 is 0.390 bits per heavy atom. The summed E-state index contributed by atoms with van der Waals surface area (Å²) in [6.45, 7) is 0. The van der Waals surface area contributed by atoms with Crippen molar-refractivity contribution >= 4 is 44.2 Å². The topological polar surface area (TPSA) is 37.5 Å². The van der Waals surface area contributed by atoms with Gasteiger partial charge in [-0.3, -0.25) is 0 Å². The highest BCUT2D eigenvalue weighted by Gasteiger charge is 2.24. The lowest BCUT2D eigenvalue weighted by molar-refractivity contribution is 0.671. The molecule has 59 heavy (non-hydrogen) atoms. The van der Waals surface area contributed by atoms with Crippen LogP contribution in [0, 0.1) is 0 Å². The molecule has 0 spiro atoms. The van der Waals surface area contributed by atoms with Crippen molar-refractivity contribution in [3.63, 3.8) is 0 Å². The van der Waals surface area contributed by atoms with Gasteiger partial charge in [-0.05, 0) is 91.9 Å². The molecular formula is C56H38N2O. The molecule has 0 saturated heterocycles. The molecule has 10 aromatic rings. The maximum absolute atomic E-state index is 6.83. The Balaban J connectivity index is 1.10.